The highest BCUT2D eigenvalue weighted by Gasteiger charge is 2.20. The first-order valence-electron chi connectivity index (χ1n) is 5.78. The van der Waals surface area contributed by atoms with Crippen LogP contribution >= 0.6 is 27.5 Å². The van der Waals surface area contributed by atoms with Gasteiger partial charge in [-0.25, -0.2) is 4.39 Å². The first-order chi connectivity index (χ1) is 9.45. The summed E-state index contributed by atoms with van der Waals surface area (Å²) in [4.78, 5) is 12.6. The Labute approximate surface area is 129 Å². The SMILES string of the molecule is COc1cc(F)c(Br)cc1C(=O)c1cccc(C)c1Cl. The van der Waals surface area contributed by atoms with Crippen LogP contribution in [-0.4, -0.2) is 12.9 Å². The third-order valence-electron chi connectivity index (χ3n) is 2.92. The van der Waals surface area contributed by atoms with Gasteiger partial charge in [-0.15, -0.1) is 0 Å². The summed E-state index contributed by atoms with van der Waals surface area (Å²) >= 11 is 9.22. The van der Waals surface area contributed by atoms with E-state index in [1.165, 1.54) is 19.2 Å². The molecule has 0 unspecified atom stereocenters. The molecular formula is C15H11BrClFO2. The van der Waals surface area contributed by atoms with Gasteiger partial charge in [-0.1, -0.05) is 23.7 Å². The minimum absolute atomic E-state index is 0.174. The van der Waals surface area contributed by atoms with Crippen LogP contribution in [0.5, 0.6) is 5.75 Å². The highest BCUT2D eigenvalue weighted by molar-refractivity contribution is 9.10. The Morgan fingerprint density at radius 1 is 1.30 bits per heavy atom. The lowest BCUT2D eigenvalue weighted by Gasteiger charge is -2.11. The number of halogens is 3. The maximum absolute atomic E-state index is 13.5. The van der Waals surface area contributed by atoms with Crippen molar-refractivity contribution in [2.45, 2.75) is 6.92 Å². The van der Waals surface area contributed by atoms with Crippen molar-refractivity contribution in [2.24, 2.45) is 0 Å². The summed E-state index contributed by atoms with van der Waals surface area (Å²) < 4.78 is 18.8. The fourth-order valence-corrected chi connectivity index (χ4v) is 2.40. The maximum atomic E-state index is 13.5. The molecule has 104 valence electrons. The van der Waals surface area contributed by atoms with Crippen molar-refractivity contribution in [1.82, 2.24) is 0 Å². The van der Waals surface area contributed by atoms with E-state index in [2.05, 4.69) is 15.9 Å². The topological polar surface area (TPSA) is 26.3 Å². The van der Waals surface area contributed by atoms with Gasteiger partial charge in [0.05, 0.1) is 22.2 Å². The van der Waals surface area contributed by atoms with Gasteiger partial charge in [0.2, 0.25) is 0 Å². The normalized spacial score (nSPS) is 10.4. The summed E-state index contributed by atoms with van der Waals surface area (Å²) in [7, 11) is 1.39. The summed E-state index contributed by atoms with van der Waals surface area (Å²) in [6.45, 7) is 1.82. The number of hydrogen-bond acceptors (Lipinski definition) is 2. The van der Waals surface area contributed by atoms with Crippen LogP contribution in [0, 0.1) is 12.7 Å². The fraction of sp³-hybridized carbons (Fsp3) is 0.133. The maximum Gasteiger partial charge on any atom is 0.198 e. The lowest BCUT2D eigenvalue weighted by Crippen LogP contribution is -2.06. The molecule has 0 heterocycles. The second-order valence-corrected chi connectivity index (χ2v) is 5.46. The number of aryl methyl sites for hydroxylation is 1. The number of carbonyl (C=O) groups excluding carboxylic acids is 1. The number of rotatable bonds is 3. The standard InChI is InChI=1S/C15H11BrClFO2/c1-8-4-3-5-9(14(8)17)15(19)10-6-11(16)12(18)7-13(10)20-2/h3-7H,1-2H3. The van der Waals surface area contributed by atoms with E-state index >= 15 is 0 Å². The zero-order valence-corrected chi connectivity index (χ0v) is 13.2. The van der Waals surface area contributed by atoms with Gasteiger partial charge in [0, 0.05) is 11.6 Å². The fourth-order valence-electron chi connectivity index (χ4n) is 1.84. The molecular weight excluding hydrogens is 347 g/mol. The van der Waals surface area contributed by atoms with E-state index in [-0.39, 0.29) is 21.6 Å². The van der Waals surface area contributed by atoms with Crippen molar-refractivity contribution in [3.8, 4) is 5.75 Å². The Bertz CT molecular complexity index is 686. The predicted octanol–water partition coefficient (Wildman–Crippen LogP) is 4.79. The summed E-state index contributed by atoms with van der Waals surface area (Å²) in [5, 5.41) is 0.389. The average Bonchev–Trinajstić information content (AvgIpc) is 2.43. The van der Waals surface area contributed by atoms with E-state index in [1.807, 2.05) is 13.0 Å². The molecule has 0 aliphatic heterocycles. The minimum atomic E-state index is -0.492. The quantitative estimate of drug-likeness (QED) is 0.738. The van der Waals surface area contributed by atoms with Gasteiger partial charge in [0.15, 0.2) is 5.78 Å². The molecule has 0 atom stereocenters. The second kappa shape index (κ2) is 5.94. The summed E-state index contributed by atoms with van der Waals surface area (Å²) in [6.07, 6.45) is 0. The van der Waals surface area contributed by atoms with Crippen molar-refractivity contribution in [3.05, 3.63) is 62.3 Å². The molecule has 2 aromatic rings. The number of hydrogen-bond donors (Lipinski definition) is 0. The largest absolute Gasteiger partial charge is 0.496 e. The molecule has 0 aliphatic rings. The number of benzene rings is 2. The first-order valence-corrected chi connectivity index (χ1v) is 6.95. The summed E-state index contributed by atoms with van der Waals surface area (Å²) in [6, 6.07) is 7.76. The molecule has 0 aliphatic carbocycles. The number of ether oxygens (including phenoxy) is 1. The van der Waals surface area contributed by atoms with Crippen LogP contribution in [0.15, 0.2) is 34.8 Å². The van der Waals surface area contributed by atoms with E-state index in [4.69, 9.17) is 16.3 Å². The molecule has 0 saturated carbocycles. The highest BCUT2D eigenvalue weighted by atomic mass is 79.9. The third kappa shape index (κ3) is 2.72. The number of carbonyl (C=O) groups is 1. The van der Waals surface area contributed by atoms with E-state index in [9.17, 15) is 9.18 Å². The predicted molar refractivity (Wildman–Crippen MR) is 80.3 cm³/mol. The van der Waals surface area contributed by atoms with E-state index in [0.29, 0.717) is 10.6 Å². The molecule has 0 spiro atoms. The monoisotopic (exact) mass is 356 g/mol. The van der Waals surface area contributed by atoms with Crippen LogP contribution in [0.1, 0.15) is 21.5 Å². The Balaban J connectivity index is 2.59. The molecule has 0 radical (unpaired) electrons. The van der Waals surface area contributed by atoms with E-state index in [1.54, 1.807) is 12.1 Å². The number of methoxy groups -OCH3 is 1. The first kappa shape index (κ1) is 15.0. The van der Waals surface area contributed by atoms with Crippen LogP contribution in [0.4, 0.5) is 4.39 Å². The molecule has 0 fully saturated rings. The van der Waals surface area contributed by atoms with Crippen LogP contribution < -0.4 is 4.74 Å². The Morgan fingerprint density at radius 3 is 2.65 bits per heavy atom. The van der Waals surface area contributed by atoms with Gasteiger partial charge in [0.1, 0.15) is 11.6 Å². The van der Waals surface area contributed by atoms with Gasteiger partial charge in [-0.2, -0.15) is 0 Å². The lowest BCUT2D eigenvalue weighted by atomic mass is 10.0. The molecule has 20 heavy (non-hydrogen) atoms. The highest BCUT2D eigenvalue weighted by Crippen LogP contribution is 2.30. The van der Waals surface area contributed by atoms with Gasteiger partial charge in [-0.3, -0.25) is 4.79 Å². The summed E-state index contributed by atoms with van der Waals surface area (Å²) in [5.74, 6) is -0.627. The number of ketones is 1. The third-order valence-corrected chi connectivity index (χ3v) is 4.03. The van der Waals surface area contributed by atoms with Crippen molar-refractivity contribution in [2.75, 3.05) is 7.11 Å². The second-order valence-electron chi connectivity index (χ2n) is 4.23. The van der Waals surface area contributed by atoms with Crippen LogP contribution in [-0.2, 0) is 0 Å². The van der Waals surface area contributed by atoms with Gasteiger partial charge in [0.25, 0.3) is 0 Å². The van der Waals surface area contributed by atoms with Crippen LogP contribution in [0.2, 0.25) is 5.02 Å². The molecule has 0 N–H and O–H groups in total. The minimum Gasteiger partial charge on any atom is -0.496 e. The van der Waals surface area contributed by atoms with Crippen molar-refractivity contribution < 1.29 is 13.9 Å². The average molecular weight is 358 g/mol. The molecule has 5 heteroatoms. The van der Waals surface area contributed by atoms with Crippen molar-refractivity contribution >= 4 is 33.3 Å². The molecule has 0 saturated heterocycles. The van der Waals surface area contributed by atoms with Crippen LogP contribution in [0.25, 0.3) is 0 Å². The van der Waals surface area contributed by atoms with Crippen molar-refractivity contribution in [3.63, 3.8) is 0 Å². The lowest BCUT2D eigenvalue weighted by molar-refractivity contribution is 0.103. The van der Waals surface area contributed by atoms with Gasteiger partial charge < -0.3 is 4.74 Å². The van der Waals surface area contributed by atoms with E-state index in [0.717, 1.165) is 5.56 Å². The van der Waals surface area contributed by atoms with Crippen molar-refractivity contribution in [1.29, 1.82) is 0 Å². The molecule has 2 aromatic carbocycles. The van der Waals surface area contributed by atoms with E-state index < -0.39 is 5.82 Å². The zero-order valence-electron chi connectivity index (χ0n) is 10.8. The smallest absolute Gasteiger partial charge is 0.198 e. The molecule has 0 amide bonds. The molecule has 0 aromatic heterocycles. The Hall–Kier alpha value is -1.39. The molecule has 2 nitrogen and oxygen atoms in total. The summed E-state index contributed by atoms with van der Waals surface area (Å²) in [5.41, 5.74) is 1.43. The molecule has 2 rings (SSSR count). The van der Waals surface area contributed by atoms with Crippen LogP contribution in [0.3, 0.4) is 0 Å². The Morgan fingerprint density at radius 2 is 2.00 bits per heavy atom. The Kier molecular flexibility index (Phi) is 4.45. The molecule has 0 bridgehead atoms. The van der Waals surface area contributed by atoms with Gasteiger partial charge in [-0.05, 0) is 40.5 Å². The van der Waals surface area contributed by atoms with Gasteiger partial charge >= 0.3 is 0 Å². The zero-order chi connectivity index (χ0) is 14.9.